The van der Waals surface area contributed by atoms with E-state index in [0.717, 1.165) is 31.7 Å². The second-order valence-electron chi connectivity index (χ2n) is 4.99. The molecule has 1 aliphatic heterocycles. The number of anilines is 1. The number of hydrogen-bond donors (Lipinski definition) is 1. The summed E-state index contributed by atoms with van der Waals surface area (Å²) in [5.74, 6) is 0. The van der Waals surface area contributed by atoms with E-state index in [1.165, 1.54) is 16.8 Å². The molecule has 2 heterocycles. The maximum atomic E-state index is 4.55. The van der Waals surface area contributed by atoms with Gasteiger partial charge in [0.05, 0.1) is 12.2 Å². The summed E-state index contributed by atoms with van der Waals surface area (Å²) in [7, 11) is 1.95. The fraction of sp³-hybridized carbons (Fsp3) is 0.312. The summed E-state index contributed by atoms with van der Waals surface area (Å²) in [5, 5.41) is 3.14. The molecule has 0 saturated carbocycles. The van der Waals surface area contributed by atoms with Crippen LogP contribution in [-0.2, 0) is 19.5 Å². The Labute approximate surface area is 114 Å². The first kappa shape index (κ1) is 12.2. The number of nitrogens with one attached hydrogen (secondary N) is 1. The summed E-state index contributed by atoms with van der Waals surface area (Å²) >= 11 is 0. The zero-order chi connectivity index (χ0) is 13.1. The number of aromatic nitrogens is 1. The molecule has 1 aliphatic rings. The van der Waals surface area contributed by atoms with Gasteiger partial charge in [-0.3, -0.25) is 4.98 Å². The molecule has 0 spiro atoms. The van der Waals surface area contributed by atoms with Crippen LogP contribution in [0.3, 0.4) is 0 Å². The quantitative estimate of drug-likeness (QED) is 0.906. The Morgan fingerprint density at radius 3 is 2.89 bits per heavy atom. The van der Waals surface area contributed by atoms with Gasteiger partial charge in [-0.15, -0.1) is 0 Å². The number of rotatable bonds is 4. The van der Waals surface area contributed by atoms with Gasteiger partial charge in [-0.25, -0.2) is 0 Å². The molecule has 19 heavy (non-hydrogen) atoms. The Morgan fingerprint density at radius 2 is 2.11 bits per heavy atom. The van der Waals surface area contributed by atoms with E-state index >= 15 is 0 Å². The predicted molar refractivity (Wildman–Crippen MR) is 78.2 cm³/mol. The minimum atomic E-state index is 0.875. The van der Waals surface area contributed by atoms with Crippen molar-refractivity contribution in [3.05, 3.63) is 59.4 Å². The number of para-hydroxylation sites is 1. The van der Waals surface area contributed by atoms with Crippen molar-refractivity contribution in [1.82, 2.24) is 10.3 Å². The van der Waals surface area contributed by atoms with Crippen LogP contribution in [-0.4, -0.2) is 18.6 Å². The molecule has 3 rings (SSSR count). The lowest BCUT2D eigenvalue weighted by molar-refractivity contribution is 0.793. The van der Waals surface area contributed by atoms with Gasteiger partial charge in [0, 0.05) is 25.0 Å². The van der Waals surface area contributed by atoms with Gasteiger partial charge >= 0.3 is 0 Å². The highest BCUT2D eigenvalue weighted by molar-refractivity contribution is 5.57. The van der Waals surface area contributed by atoms with Crippen LogP contribution in [0.2, 0.25) is 0 Å². The molecular formula is C16H19N3. The Hall–Kier alpha value is -1.87. The van der Waals surface area contributed by atoms with Gasteiger partial charge in [0.15, 0.2) is 0 Å². The van der Waals surface area contributed by atoms with Crippen LogP contribution >= 0.6 is 0 Å². The monoisotopic (exact) mass is 253 g/mol. The van der Waals surface area contributed by atoms with Crippen molar-refractivity contribution < 1.29 is 0 Å². The van der Waals surface area contributed by atoms with E-state index in [1.807, 2.05) is 13.2 Å². The molecule has 1 N–H and O–H groups in total. The Kier molecular flexibility index (Phi) is 3.47. The van der Waals surface area contributed by atoms with Crippen molar-refractivity contribution >= 4 is 5.69 Å². The summed E-state index contributed by atoms with van der Waals surface area (Å²) in [6.07, 6.45) is 3.11. The average molecular weight is 253 g/mol. The van der Waals surface area contributed by atoms with Crippen molar-refractivity contribution in [2.24, 2.45) is 0 Å². The Morgan fingerprint density at radius 1 is 1.21 bits per heavy atom. The number of benzene rings is 1. The van der Waals surface area contributed by atoms with E-state index in [1.54, 1.807) is 0 Å². The van der Waals surface area contributed by atoms with Gasteiger partial charge in [0.25, 0.3) is 0 Å². The fourth-order valence-electron chi connectivity index (χ4n) is 2.62. The van der Waals surface area contributed by atoms with E-state index in [9.17, 15) is 0 Å². The maximum absolute atomic E-state index is 4.55. The SMILES string of the molecule is CNCc1ccc(CN2CCc3ccccc32)nc1. The number of hydrogen-bond acceptors (Lipinski definition) is 3. The van der Waals surface area contributed by atoms with E-state index in [2.05, 4.69) is 51.6 Å². The van der Waals surface area contributed by atoms with Gasteiger partial charge in [-0.1, -0.05) is 24.3 Å². The zero-order valence-corrected chi connectivity index (χ0v) is 11.3. The molecule has 2 aromatic rings. The summed E-state index contributed by atoms with van der Waals surface area (Å²) in [6.45, 7) is 2.87. The predicted octanol–water partition coefficient (Wildman–Crippen LogP) is 2.36. The first-order valence-electron chi connectivity index (χ1n) is 6.78. The lowest BCUT2D eigenvalue weighted by Gasteiger charge is -2.18. The zero-order valence-electron chi connectivity index (χ0n) is 11.3. The molecule has 98 valence electrons. The highest BCUT2D eigenvalue weighted by Crippen LogP contribution is 2.28. The Bertz CT molecular complexity index is 548. The summed E-state index contributed by atoms with van der Waals surface area (Å²) in [5.41, 5.74) is 5.18. The fourth-order valence-corrected chi connectivity index (χ4v) is 2.62. The first-order valence-corrected chi connectivity index (χ1v) is 6.78. The van der Waals surface area contributed by atoms with Gasteiger partial charge in [0.2, 0.25) is 0 Å². The van der Waals surface area contributed by atoms with E-state index in [0.29, 0.717) is 0 Å². The normalized spacial score (nSPS) is 13.6. The topological polar surface area (TPSA) is 28.2 Å². The molecular weight excluding hydrogens is 234 g/mol. The van der Waals surface area contributed by atoms with Crippen LogP contribution in [0.15, 0.2) is 42.6 Å². The number of fused-ring (bicyclic) bond motifs is 1. The lowest BCUT2D eigenvalue weighted by Crippen LogP contribution is -2.20. The lowest BCUT2D eigenvalue weighted by atomic mass is 10.2. The molecule has 0 saturated heterocycles. The highest BCUT2D eigenvalue weighted by atomic mass is 15.2. The number of nitrogens with zero attached hydrogens (tertiary/aromatic N) is 2. The van der Waals surface area contributed by atoms with Crippen molar-refractivity contribution in [3.63, 3.8) is 0 Å². The number of pyridine rings is 1. The molecule has 0 amide bonds. The molecule has 0 radical (unpaired) electrons. The molecule has 0 fully saturated rings. The van der Waals surface area contributed by atoms with E-state index < -0.39 is 0 Å². The third-order valence-electron chi connectivity index (χ3n) is 3.60. The molecule has 0 unspecified atom stereocenters. The molecule has 0 bridgehead atoms. The molecule has 0 aliphatic carbocycles. The molecule has 3 heteroatoms. The summed E-state index contributed by atoms with van der Waals surface area (Å²) in [6, 6.07) is 12.9. The standard InChI is InChI=1S/C16H19N3/c1-17-10-13-6-7-15(18-11-13)12-19-9-8-14-4-2-3-5-16(14)19/h2-7,11,17H,8-10,12H2,1H3. The second kappa shape index (κ2) is 5.41. The second-order valence-corrected chi connectivity index (χ2v) is 4.99. The van der Waals surface area contributed by atoms with Crippen LogP contribution in [0.4, 0.5) is 5.69 Å². The van der Waals surface area contributed by atoms with Gasteiger partial charge in [0.1, 0.15) is 0 Å². The van der Waals surface area contributed by atoms with Crippen molar-refractivity contribution in [2.45, 2.75) is 19.5 Å². The summed E-state index contributed by atoms with van der Waals surface area (Å²) in [4.78, 5) is 6.96. The average Bonchev–Trinajstić information content (AvgIpc) is 2.85. The third kappa shape index (κ3) is 2.61. The van der Waals surface area contributed by atoms with E-state index in [4.69, 9.17) is 0 Å². The van der Waals surface area contributed by atoms with Crippen LogP contribution in [0, 0.1) is 0 Å². The minimum Gasteiger partial charge on any atom is -0.365 e. The summed E-state index contributed by atoms with van der Waals surface area (Å²) < 4.78 is 0. The van der Waals surface area contributed by atoms with Gasteiger partial charge < -0.3 is 10.2 Å². The largest absolute Gasteiger partial charge is 0.365 e. The van der Waals surface area contributed by atoms with Crippen LogP contribution in [0.1, 0.15) is 16.8 Å². The maximum Gasteiger partial charge on any atom is 0.0602 e. The van der Waals surface area contributed by atoms with Crippen LogP contribution < -0.4 is 10.2 Å². The smallest absolute Gasteiger partial charge is 0.0602 e. The molecule has 3 nitrogen and oxygen atoms in total. The van der Waals surface area contributed by atoms with Crippen LogP contribution in [0.25, 0.3) is 0 Å². The van der Waals surface area contributed by atoms with Crippen molar-refractivity contribution in [3.8, 4) is 0 Å². The van der Waals surface area contributed by atoms with Crippen LogP contribution in [0.5, 0.6) is 0 Å². The van der Waals surface area contributed by atoms with Gasteiger partial charge in [-0.2, -0.15) is 0 Å². The van der Waals surface area contributed by atoms with Crippen molar-refractivity contribution in [1.29, 1.82) is 0 Å². The molecule has 0 atom stereocenters. The highest BCUT2D eigenvalue weighted by Gasteiger charge is 2.18. The van der Waals surface area contributed by atoms with Crippen molar-refractivity contribution in [2.75, 3.05) is 18.5 Å². The minimum absolute atomic E-state index is 0.875. The first-order chi connectivity index (χ1) is 9.36. The van der Waals surface area contributed by atoms with E-state index in [-0.39, 0.29) is 0 Å². The molecule has 1 aromatic carbocycles. The molecule has 1 aromatic heterocycles. The van der Waals surface area contributed by atoms with Gasteiger partial charge in [-0.05, 0) is 36.7 Å². The third-order valence-corrected chi connectivity index (χ3v) is 3.60. The Balaban J connectivity index is 1.72.